The van der Waals surface area contributed by atoms with E-state index in [-0.39, 0.29) is 18.2 Å². The molecule has 17 heavy (non-hydrogen) atoms. The van der Waals surface area contributed by atoms with Gasteiger partial charge in [-0.2, -0.15) is 0 Å². The van der Waals surface area contributed by atoms with Crippen LogP contribution in [0, 0.1) is 0 Å². The first kappa shape index (κ1) is 13.6. The number of nitrogens with one attached hydrogen (secondary N) is 1. The van der Waals surface area contributed by atoms with E-state index < -0.39 is 5.60 Å². The SMILES string of the molecule is CC(C)(C)OC(=O)NC1CCC(N=[N+]=[N-])CC1. The van der Waals surface area contributed by atoms with E-state index in [1.807, 2.05) is 20.8 Å². The normalized spacial score (nSPS) is 24.6. The highest BCUT2D eigenvalue weighted by atomic mass is 16.6. The van der Waals surface area contributed by atoms with Crippen molar-refractivity contribution in [3.8, 4) is 0 Å². The van der Waals surface area contributed by atoms with Crippen LogP contribution in [0.25, 0.3) is 10.4 Å². The van der Waals surface area contributed by atoms with Crippen LogP contribution >= 0.6 is 0 Å². The summed E-state index contributed by atoms with van der Waals surface area (Å²) in [6, 6.07) is 0.215. The summed E-state index contributed by atoms with van der Waals surface area (Å²) in [6.07, 6.45) is 2.95. The van der Waals surface area contributed by atoms with Gasteiger partial charge in [0.15, 0.2) is 0 Å². The molecule has 96 valence electrons. The molecule has 6 heteroatoms. The average molecular weight is 240 g/mol. The van der Waals surface area contributed by atoms with Crippen LogP contribution in [0.1, 0.15) is 46.5 Å². The summed E-state index contributed by atoms with van der Waals surface area (Å²) in [4.78, 5) is 14.3. The molecule has 1 rings (SSSR count). The highest BCUT2D eigenvalue weighted by molar-refractivity contribution is 5.68. The topological polar surface area (TPSA) is 87.1 Å². The van der Waals surface area contributed by atoms with E-state index in [2.05, 4.69) is 15.3 Å². The summed E-state index contributed by atoms with van der Waals surface area (Å²) in [7, 11) is 0. The first-order valence-corrected chi connectivity index (χ1v) is 5.94. The van der Waals surface area contributed by atoms with Crippen molar-refractivity contribution in [3.63, 3.8) is 0 Å². The molecule has 0 spiro atoms. The fourth-order valence-electron chi connectivity index (χ4n) is 1.88. The number of azide groups is 1. The molecule has 1 N–H and O–H groups in total. The van der Waals surface area contributed by atoms with Crippen molar-refractivity contribution in [1.82, 2.24) is 5.32 Å². The lowest BCUT2D eigenvalue weighted by molar-refractivity contribution is 0.0491. The minimum atomic E-state index is -0.466. The van der Waals surface area contributed by atoms with Gasteiger partial charge >= 0.3 is 6.09 Å². The van der Waals surface area contributed by atoms with E-state index in [1.54, 1.807) is 0 Å². The second-order valence-electron chi connectivity index (χ2n) is 5.36. The van der Waals surface area contributed by atoms with Crippen LogP contribution in [0.4, 0.5) is 4.79 Å². The van der Waals surface area contributed by atoms with Gasteiger partial charge in [-0.3, -0.25) is 0 Å². The predicted octanol–water partition coefficient (Wildman–Crippen LogP) is 3.13. The molecule has 1 fully saturated rings. The maximum absolute atomic E-state index is 11.5. The Labute approximate surface area is 101 Å². The van der Waals surface area contributed by atoms with E-state index in [9.17, 15) is 4.79 Å². The third-order valence-corrected chi connectivity index (χ3v) is 2.63. The van der Waals surface area contributed by atoms with Crippen LogP contribution in [0.15, 0.2) is 5.11 Å². The van der Waals surface area contributed by atoms with E-state index in [0.29, 0.717) is 0 Å². The van der Waals surface area contributed by atoms with Crippen molar-refractivity contribution >= 4 is 6.09 Å². The van der Waals surface area contributed by atoms with Gasteiger partial charge in [-0.25, -0.2) is 4.79 Å². The number of hydrogen-bond acceptors (Lipinski definition) is 3. The van der Waals surface area contributed by atoms with Crippen molar-refractivity contribution in [1.29, 1.82) is 0 Å². The molecule has 0 unspecified atom stereocenters. The summed E-state index contributed by atoms with van der Waals surface area (Å²) in [5.41, 5.74) is 7.86. The molecule has 1 aliphatic carbocycles. The number of amides is 1. The Morgan fingerprint density at radius 1 is 1.35 bits per heavy atom. The number of ether oxygens (including phenoxy) is 1. The number of alkyl carbamates (subject to hydrolysis) is 1. The molecule has 0 aliphatic heterocycles. The molecule has 1 saturated carbocycles. The fraction of sp³-hybridized carbons (Fsp3) is 0.909. The smallest absolute Gasteiger partial charge is 0.407 e. The van der Waals surface area contributed by atoms with Gasteiger partial charge in [0.1, 0.15) is 5.60 Å². The fourth-order valence-corrected chi connectivity index (χ4v) is 1.88. The maximum Gasteiger partial charge on any atom is 0.407 e. The minimum absolute atomic E-state index is 0.0803. The number of carbonyl (C=O) groups excluding carboxylic acids is 1. The Balaban J connectivity index is 2.31. The van der Waals surface area contributed by atoms with Crippen LogP contribution in [0.3, 0.4) is 0 Å². The molecular formula is C11H20N4O2. The molecule has 1 aliphatic rings. The molecule has 0 heterocycles. The van der Waals surface area contributed by atoms with Crippen molar-refractivity contribution in [2.24, 2.45) is 5.11 Å². The van der Waals surface area contributed by atoms with Gasteiger partial charge in [0, 0.05) is 17.0 Å². The predicted molar refractivity (Wildman–Crippen MR) is 64.6 cm³/mol. The Morgan fingerprint density at radius 3 is 2.41 bits per heavy atom. The van der Waals surface area contributed by atoms with Crippen LogP contribution in [-0.2, 0) is 4.74 Å². The molecule has 0 aromatic rings. The average Bonchev–Trinajstić information content (AvgIpc) is 2.18. The lowest BCUT2D eigenvalue weighted by atomic mass is 9.92. The largest absolute Gasteiger partial charge is 0.444 e. The summed E-state index contributed by atoms with van der Waals surface area (Å²) in [5, 5.41) is 6.54. The summed E-state index contributed by atoms with van der Waals surface area (Å²) >= 11 is 0. The zero-order valence-corrected chi connectivity index (χ0v) is 10.6. The second kappa shape index (κ2) is 5.77. The maximum atomic E-state index is 11.5. The Bertz CT molecular complexity index is 310. The van der Waals surface area contributed by atoms with Gasteiger partial charge < -0.3 is 10.1 Å². The standard InChI is InChI=1S/C11H20N4O2/c1-11(2,3)17-10(16)13-8-4-6-9(7-5-8)14-15-12/h8-9H,4-7H2,1-3H3,(H,13,16). The van der Waals surface area contributed by atoms with E-state index >= 15 is 0 Å². The van der Waals surface area contributed by atoms with Gasteiger partial charge in [0.2, 0.25) is 0 Å². The molecule has 6 nitrogen and oxygen atoms in total. The third-order valence-electron chi connectivity index (χ3n) is 2.63. The quantitative estimate of drug-likeness (QED) is 0.456. The number of rotatable bonds is 2. The molecule has 0 aromatic heterocycles. The van der Waals surface area contributed by atoms with Gasteiger partial charge in [0.05, 0.1) is 0 Å². The first-order chi connectivity index (χ1) is 7.90. The monoisotopic (exact) mass is 240 g/mol. The van der Waals surface area contributed by atoms with Crippen molar-refractivity contribution in [3.05, 3.63) is 10.4 Å². The first-order valence-electron chi connectivity index (χ1n) is 5.94. The van der Waals surface area contributed by atoms with Crippen molar-refractivity contribution in [2.45, 2.75) is 64.1 Å². The summed E-state index contributed by atoms with van der Waals surface area (Å²) < 4.78 is 5.18. The van der Waals surface area contributed by atoms with Crippen molar-refractivity contribution in [2.75, 3.05) is 0 Å². The Kier molecular flexibility index (Phi) is 4.63. The second-order valence-corrected chi connectivity index (χ2v) is 5.36. The van der Waals surface area contributed by atoms with Gasteiger partial charge in [-0.05, 0) is 52.0 Å². The number of nitrogens with zero attached hydrogens (tertiary/aromatic N) is 3. The lowest BCUT2D eigenvalue weighted by Gasteiger charge is -2.28. The molecule has 0 atom stereocenters. The highest BCUT2D eigenvalue weighted by Gasteiger charge is 2.23. The minimum Gasteiger partial charge on any atom is -0.444 e. The molecule has 0 radical (unpaired) electrons. The lowest BCUT2D eigenvalue weighted by Crippen LogP contribution is -2.41. The van der Waals surface area contributed by atoms with Crippen molar-refractivity contribution < 1.29 is 9.53 Å². The zero-order chi connectivity index (χ0) is 12.9. The van der Waals surface area contributed by atoms with Gasteiger partial charge in [-0.15, -0.1) is 0 Å². The summed E-state index contributed by atoms with van der Waals surface area (Å²) in [6.45, 7) is 5.52. The molecular weight excluding hydrogens is 220 g/mol. The zero-order valence-electron chi connectivity index (χ0n) is 10.6. The van der Waals surface area contributed by atoms with E-state index in [4.69, 9.17) is 10.3 Å². The van der Waals surface area contributed by atoms with Gasteiger partial charge in [-0.1, -0.05) is 5.11 Å². The van der Waals surface area contributed by atoms with Gasteiger partial charge in [0.25, 0.3) is 0 Å². The summed E-state index contributed by atoms with van der Waals surface area (Å²) in [5.74, 6) is 0. The number of carbonyl (C=O) groups is 1. The Morgan fingerprint density at radius 2 is 1.94 bits per heavy atom. The van der Waals surface area contributed by atoms with E-state index in [0.717, 1.165) is 25.7 Å². The molecule has 0 saturated heterocycles. The molecule has 1 amide bonds. The van der Waals surface area contributed by atoms with Crippen LogP contribution in [-0.4, -0.2) is 23.8 Å². The van der Waals surface area contributed by atoms with E-state index in [1.165, 1.54) is 0 Å². The van der Waals surface area contributed by atoms with Crippen LogP contribution in [0.5, 0.6) is 0 Å². The van der Waals surface area contributed by atoms with Crippen LogP contribution in [0.2, 0.25) is 0 Å². The third kappa shape index (κ3) is 5.45. The molecule has 0 aromatic carbocycles. The Hall–Kier alpha value is -1.42. The molecule has 0 bridgehead atoms. The number of hydrogen-bond donors (Lipinski definition) is 1. The highest BCUT2D eigenvalue weighted by Crippen LogP contribution is 2.21. The van der Waals surface area contributed by atoms with Crippen LogP contribution < -0.4 is 5.32 Å².